The molecule has 0 aromatic carbocycles. The van der Waals surface area contributed by atoms with Gasteiger partial charge in [0, 0.05) is 11.3 Å². The Bertz CT molecular complexity index is 101. The Labute approximate surface area is 54.5 Å². The van der Waals surface area contributed by atoms with E-state index < -0.39 is 0 Å². The average Bonchev–Trinajstić information content (AvgIpc) is 2.14. The van der Waals surface area contributed by atoms with Crippen molar-refractivity contribution >= 4 is 11.8 Å². The minimum atomic E-state index is 0.597. The molecule has 0 aromatic heterocycles. The van der Waals surface area contributed by atoms with Crippen molar-refractivity contribution in [1.82, 2.24) is 5.32 Å². The molecule has 0 aromatic rings. The third-order valence-electron chi connectivity index (χ3n) is 1.42. The van der Waals surface area contributed by atoms with Crippen LogP contribution in [0.25, 0.3) is 0 Å². The Morgan fingerprint density at radius 3 is 2.62 bits per heavy atom. The zero-order valence-electron chi connectivity index (χ0n) is 5.22. The lowest BCUT2D eigenvalue weighted by Gasteiger charge is -2.10. The van der Waals surface area contributed by atoms with Crippen LogP contribution in [0.5, 0.6) is 0 Å². The van der Waals surface area contributed by atoms with E-state index in [0.29, 0.717) is 6.04 Å². The molecule has 2 heteroatoms. The Kier molecular flexibility index (Phi) is 1.97. The number of hydrogen-bond acceptors (Lipinski definition) is 2. The molecule has 2 unspecified atom stereocenters. The molecule has 0 saturated heterocycles. The van der Waals surface area contributed by atoms with Gasteiger partial charge in [-0.1, -0.05) is 13.0 Å². The number of likely N-dealkylation sites (N-methyl/N-ethyl adjacent to an activating group) is 1. The maximum Gasteiger partial charge on any atom is 0.0376 e. The maximum atomic E-state index is 3.21. The molecule has 0 fully saturated rings. The van der Waals surface area contributed by atoms with Crippen molar-refractivity contribution in [1.29, 1.82) is 0 Å². The third-order valence-corrected chi connectivity index (χ3v) is 2.45. The van der Waals surface area contributed by atoms with Gasteiger partial charge >= 0.3 is 0 Å². The summed E-state index contributed by atoms with van der Waals surface area (Å²) in [5.41, 5.74) is 0. The highest BCUT2D eigenvalue weighted by Crippen LogP contribution is 2.22. The lowest BCUT2D eigenvalue weighted by Crippen LogP contribution is -2.28. The fourth-order valence-corrected chi connectivity index (χ4v) is 1.73. The number of thioether (sulfide) groups is 1. The lowest BCUT2D eigenvalue weighted by molar-refractivity contribution is 0.669. The van der Waals surface area contributed by atoms with Crippen LogP contribution >= 0.6 is 11.8 Å². The molecule has 0 aliphatic carbocycles. The molecule has 0 saturated carbocycles. The van der Waals surface area contributed by atoms with E-state index in [-0.39, 0.29) is 0 Å². The molecule has 1 heterocycles. The van der Waals surface area contributed by atoms with Crippen molar-refractivity contribution < 1.29 is 0 Å². The van der Waals surface area contributed by atoms with Crippen LogP contribution in [0.4, 0.5) is 0 Å². The summed E-state index contributed by atoms with van der Waals surface area (Å²) >= 11 is 1.89. The van der Waals surface area contributed by atoms with E-state index in [0.717, 1.165) is 5.25 Å². The predicted octanol–water partition coefficient (Wildman–Crippen LogP) is 1.22. The molecule has 0 amide bonds. The van der Waals surface area contributed by atoms with Crippen molar-refractivity contribution in [2.24, 2.45) is 0 Å². The van der Waals surface area contributed by atoms with E-state index in [4.69, 9.17) is 0 Å². The fourth-order valence-electron chi connectivity index (χ4n) is 0.826. The summed E-state index contributed by atoms with van der Waals surface area (Å²) in [6, 6.07) is 0.597. The Morgan fingerprint density at radius 1 is 1.62 bits per heavy atom. The van der Waals surface area contributed by atoms with E-state index in [2.05, 4.69) is 23.7 Å². The molecule has 2 atom stereocenters. The quantitative estimate of drug-likeness (QED) is 0.571. The summed E-state index contributed by atoms with van der Waals surface area (Å²) in [6.07, 6.45) is 2.20. The molecule has 0 bridgehead atoms. The van der Waals surface area contributed by atoms with Crippen molar-refractivity contribution in [3.8, 4) is 0 Å². The Morgan fingerprint density at radius 2 is 2.38 bits per heavy atom. The van der Waals surface area contributed by atoms with Crippen molar-refractivity contribution in [3.05, 3.63) is 11.5 Å². The van der Waals surface area contributed by atoms with Gasteiger partial charge in [-0.15, -0.1) is 11.8 Å². The molecular weight excluding hydrogens is 118 g/mol. The van der Waals surface area contributed by atoms with Gasteiger partial charge in [-0.25, -0.2) is 0 Å². The van der Waals surface area contributed by atoms with E-state index in [1.807, 2.05) is 18.8 Å². The van der Waals surface area contributed by atoms with E-state index in [1.54, 1.807) is 0 Å². The summed E-state index contributed by atoms with van der Waals surface area (Å²) < 4.78 is 0. The molecule has 1 rings (SSSR count). The van der Waals surface area contributed by atoms with Gasteiger partial charge in [0.15, 0.2) is 0 Å². The molecule has 1 nitrogen and oxygen atoms in total. The molecule has 0 radical (unpaired) electrons. The number of rotatable bonds is 1. The molecule has 1 aliphatic heterocycles. The van der Waals surface area contributed by atoms with E-state index in [1.165, 1.54) is 0 Å². The van der Waals surface area contributed by atoms with Crippen molar-refractivity contribution in [2.45, 2.75) is 18.2 Å². The van der Waals surface area contributed by atoms with Gasteiger partial charge in [0.1, 0.15) is 0 Å². The van der Waals surface area contributed by atoms with Crippen LogP contribution in [0.15, 0.2) is 11.5 Å². The molecule has 0 spiro atoms. The van der Waals surface area contributed by atoms with Crippen LogP contribution in [0, 0.1) is 0 Å². The minimum absolute atomic E-state index is 0.597. The predicted molar refractivity (Wildman–Crippen MR) is 39.0 cm³/mol. The number of nitrogens with one attached hydrogen (secondary N) is 1. The van der Waals surface area contributed by atoms with Gasteiger partial charge in [0.05, 0.1) is 0 Å². The highest BCUT2D eigenvalue weighted by atomic mass is 32.2. The van der Waals surface area contributed by atoms with Gasteiger partial charge < -0.3 is 5.32 Å². The second-order valence-electron chi connectivity index (χ2n) is 1.98. The van der Waals surface area contributed by atoms with Crippen molar-refractivity contribution in [2.75, 3.05) is 7.05 Å². The van der Waals surface area contributed by atoms with Crippen LogP contribution in [0.3, 0.4) is 0 Å². The smallest absolute Gasteiger partial charge is 0.0376 e. The minimum Gasteiger partial charge on any atom is -0.313 e. The summed E-state index contributed by atoms with van der Waals surface area (Å²) in [5.74, 6) is 0. The summed E-state index contributed by atoms with van der Waals surface area (Å²) in [4.78, 5) is 0. The molecule has 46 valence electrons. The highest BCUT2D eigenvalue weighted by molar-refractivity contribution is 8.03. The molecular formula is C6H11NS. The van der Waals surface area contributed by atoms with Crippen molar-refractivity contribution in [3.63, 3.8) is 0 Å². The molecule has 1 aliphatic rings. The zero-order chi connectivity index (χ0) is 5.98. The normalized spacial score (nSPS) is 36.2. The van der Waals surface area contributed by atoms with Gasteiger partial charge in [-0.2, -0.15) is 0 Å². The van der Waals surface area contributed by atoms with Crippen LogP contribution in [0.2, 0.25) is 0 Å². The maximum absolute atomic E-state index is 3.21. The lowest BCUT2D eigenvalue weighted by atomic mass is 10.2. The molecule has 1 N–H and O–H groups in total. The topological polar surface area (TPSA) is 12.0 Å². The largest absolute Gasteiger partial charge is 0.313 e. The van der Waals surface area contributed by atoms with Gasteiger partial charge in [-0.05, 0) is 12.5 Å². The first-order chi connectivity index (χ1) is 3.84. The first-order valence-corrected chi connectivity index (χ1v) is 3.78. The first-order valence-electron chi connectivity index (χ1n) is 2.84. The van der Waals surface area contributed by atoms with Crippen LogP contribution in [0.1, 0.15) is 6.92 Å². The van der Waals surface area contributed by atoms with Crippen LogP contribution < -0.4 is 5.32 Å². The monoisotopic (exact) mass is 129 g/mol. The average molecular weight is 129 g/mol. The zero-order valence-corrected chi connectivity index (χ0v) is 6.03. The summed E-state index contributed by atoms with van der Waals surface area (Å²) in [7, 11) is 2.00. The number of hydrogen-bond donors (Lipinski definition) is 1. The van der Waals surface area contributed by atoms with Gasteiger partial charge in [0.2, 0.25) is 0 Å². The standard InChI is InChI=1S/C6H11NS/c1-5-6(7-2)3-4-8-5/h3-7H,1-2H3. The fraction of sp³-hybridized carbons (Fsp3) is 0.667. The Balaban J connectivity index is 2.41. The van der Waals surface area contributed by atoms with E-state index >= 15 is 0 Å². The van der Waals surface area contributed by atoms with Gasteiger partial charge in [0.25, 0.3) is 0 Å². The van der Waals surface area contributed by atoms with Gasteiger partial charge in [-0.3, -0.25) is 0 Å². The highest BCUT2D eigenvalue weighted by Gasteiger charge is 2.15. The van der Waals surface area contributed by atoms with E-state index in [9.17, 15) is 0 Å². The van der Waals surface area contributed by atoms with Crippen LogP contribution in [-0.4, -0.2) is 18.3 Å². The second kappa shape index (κ2) is 2.55. The SMILES string of the molecule is CNC1C=CSC1C. The van der Waals surface area contributed by atoms with Crippen LogP contribution in [-0.2, 0) is 0 Å². The summed E-state index contributed by atoms with van der Waals surface area (Å²) in [6.45, 7) is 2.23. The second-order valence-corrected chi connectivity index (χ2v) is 3.27. The Hall–Kier alpha value is 0.0500. The molecule has 8 heavy (non-hydrogen) atoms. The first kappa shape index (κ1) is 6.17. The third kappa shape index (κ3) is 1.06. The summed E-state index contributed by atoms with van der Waals surface area (Å²) in [5, 5.41) is 6.09.